The Kier molecular flexibility index (Phi) is 6.12. The molecule has 0 radical (unpaired) electrons. The summed E-state index contributed by atoms with van der Waals surface area (Å²) in [5, 5.41) is 3.61. The summed E-state index contributed by atoms with van der Waals surface area (Å²) >= 11 is 0. The Morgan fingerprint density at radius 2 is 0.979 bits per heavy atom. The third-order valence-corrected chi connectivity index (χ3v) is 9.49. The van der Waals surface area contributed by atoms with Gasteiger partial charge < -0.3 is 0 Å². The molecule has 0 atom stereocenters. The minimum atomic E-state index is -0.221. The van der Waals surface area contributed by atoms with Gasteiger partial charge in [0.25, 0.3) is 0 Å². The van der Waals surface area contributed by atoms with Gasteiger partial charge in [-0.1, -0.05) is 153 Å². The topological polar surface area (TPSA) is 51.6 Å². The Labute approximate surface area is 273 Å². The number of benzene rings is 6. The number of hydrogen-bond acceptors (Lipinski definition) is 4. The van der Waals surface area contributed by atoms with Crippen molar-refractivity contribution in [1.29, 1.82) is 0 Å². The lowest BCUT2D eigenvalue weighted by Gasteiger charge is -2.25. The number of fused-ring (bicyclic) bond motifs is 6. The zero-order valence-corrected chi connectivity index (χ0v) is 26.1. The largest absolute Gasteiger partial charge is 0.247 e. The molecule has 0 bridgehead atoms. The fourth-order valence-electron chi connectivity index (χ4n) is 7.22. The minimum Gasteiger partial charge on any atom is -0.247 e. The molecule has 0 unspecified atom stereocenters. The second-order valence-electron chi connectivity index (χ2n) is 12.7. The average Bonchev–Trinajstić information content (AvgIpc) is 3.37. The Morgan fingerprint density at radius 3 is 1.64 bits per heavy atom. The Hall–Kier alpha value is -6.00. The lowest BCUT2D eigenvalue weighted by atomic mass is 9.78. The summed E-state index contributed by atoms with van der Waals surface area (Å²) in [5.41, 5.74) is 10.9. The predicted molar refractivity (Wildman–Crippen MR) is 192 cm³/mol. The first-order valence-electron chi connectivity index (χ1n) is 16.0. The van der Waals surface area contributed by atoms with E-state index in [2.05, 4.69) is 98.8 Å². The minimum absolute atomic E-state index is 0.221. The van der Waals surface area contributed by atoms with Crippen LogP contribution in [0.3, 0.4) is 0 Å². The van der Waals surface area contributed by atoms with Crippen LogP contribution < -0.4 is 0 Å². The summed E-state index contributed by atoms with van der Waals surface area (Å²) in [6.07, 6.45) is 0. The monoisotopic (exact) mass is 602 g/mol. The van der Waals surface area contributed by atoms with Crippen molar-refractivity contribution >= 4 is 21.7 Å². The third-order valence-electron chi connectivity index (χ3n) is 9.49. The van der Waals surface area contributed by atoms with Gasteiger partial charge in [0.2, 0.25) is 0 Å². The fourth-order valence-corrected chi connectivity index (χ4v) is 7.22. The van der Waals surface area contributed by atoms with Crippen molar-refractivity contribution in [2.45, 2.75) is 19.3 Å². The van der Waals surface area contributed by atoms with Crippen LogP contribution in [0.15, 0.2) is 146 Å². The van der Waals surface area contributed by atoms with Gasteiger partial charge in [-0.05, 0) is 39.1 Å². The highest BCUT2D eigenvalue weighted by Gasteiger charge is 2.39. The van der Waals surface area contributed by atoms with Gasteiger partial charge in [0.15, 0.2) is 17.5 Å². The quantitative estimate of drug-likeness (QED) is 0.188. The van der Waals surface area contributed by atoms with E-state index in [0.717, 1.165) is 33.5 Å². The van der Waals surface area contributed by atoms with Crippen LogP contribution in [0.1, 0.15) is 25.0 Å². The molecule has 0 saturated carbocycles. The molecular weight excluding hydrogens is 573 g/mol. The van der Waals surface area contributed by atoms with Gasteiger partial charge in [0.1, 0.15) is 0 Å². The van der Waals surface area contributed by atoms with Crippen molar-refractivity contribution in [2.24, 2.45) is 0 Å². The van der Waals surface area contributed by atoms with Crippen LogP contribution in [0.4, 0.5) is 0 Å². The zero-order valence-electron chi connectivity index (χ0n) is 26.1. The van der Waals surface area contributed by atoms with Crippen LogP contribution >= 0.6 is 0 Å². The Morgan fingerprint density at radius 1 is 0.447 bits per heavy atom. The normalized spacial score (nSPS) is 13.1. The molecule has 9 rings (SSSR count). The molecule has 4 heteroatoms. The molecule has 0 saturated heterocycles. The number of hydrogen-bond donors (Lipinski definition) is 0. The van der Waals surface area contributed by atoms with Gasteiger partial charge in [0, 0.05) is 33.1 Å². The van der Waals surface area contributed by atoms with Crippen molar-refractivity contribution in [1.82, 2.24) is 19.9 Å². The molecule has 222 valence electrons. The molecule has 8 aromatic rings. The summed E-state index contributed by atoms with van der Waals surface area (Å²) in [4.78, 5) is 20.2. The van der Waals surface area contributed by atoms with Gasteiger partial charge in [0.05, 0.1) is 11.2 Å². The van der Waals surface area contributed by atoms with E-state index in [-0.39, 0.29) is 5.41 Å². The number of aromatic nitrogens is 4. The molecular formula is C43H30N4. The molecule has 0 aliphatic heterocycles. The van der Waals surface area contributed by atoms with E-state index in [1.807, 2.05) is 60.7 Å². The predicted octanol–water partition coefficient (Wildman–Crippen LogP) is 10.5. The highest BCUT2D eigenvalue weighted by molar-refractivity contribution is 6.15. The van der Waals surface area contributed by atoms with E-state index in [9.17, 15) is 0 Å². The van der Waals surface area contributed by atoms with E-state index >= 15 is 0 Å². The van der Waals surface area contributed by atoms with Crippen molar-refractivity contribution in [3.8, 4) is 56.5 Å². The molecule has 2 heterocycles. The molecule has 47 heavy (non-hydrogen) atoms. The maximum absolute atomic E-state index is 5.34. The lowest BCUT2D eigenvalue weighted by molar-refractivity contribution is 0.662. The average molecular weight is 603 g/mol. The molecule has 0 spiro atoms. The van der Waals surface area contributed by atoms with Crippen molar-refractivity contribution in [2.75, 3.05) is 0 Å². The first-order chi connectivity index (χ1) is 23.1. The van der Waals surface area contributed by atoms with E-state index < -0.39 is 0 Å². The number of nitrogens with zero attached hydrogens (tertiary/aromatic N) is 4. The summed E-state index contributed by atoms with van der Waals surface area (Å²) in [6.45, 7) is 4.66. The van der Waals surface area contributed by atoms with Crippen LogP contribution in [-0.4, -0.2) is 19.9 Å². The van der Waals surface area contributed by atoms with Gasteiger partial charge in [-0.3, -0.25) is 0 Å². The molecule has 0 amide bonds. The summed E-state index contributed by atoms with van der Waals surface area (Å²) < 4.78 is 0. The molecule has 1 aliphatic carbocycles. The molecule has 1 aliphatic rings. The van der Waals surface area contributed by atoms with E-state index in [1.165, 1.54) is 38.4 Å². The van der Waals surface area contributed by atoms with Crippen molar-refractivity contribution in [3.63, 3.8) is 0 Å². The van der Waals surface area contributed by atoms with Crippen LogP contribution in [0.2, 0.25) is 0 Å². The lowest BCUT2D eigenvalue weighted by Crippen LogP contribution is -2.16. The summed E-state index contributed by atoms with van der Waals surface area (Å²) in [6, 6.07) is 50.6. The smallest absolute Gasteiger partial charge is 0.164 e. The van der Waals surface area contributed by atoms with Gasteiger partial charge >= 0.3 is 0 Å². The van der Waals surface area contributed by atoms with Crippen LogP contribution in [-0.2, 0) is 5.41 Å². The van der Waals surface area contributed by atoms with E-state index in [4.69, 9.17) is 19.9 Å². The number of pyridine rings is 1. The maximum Gasteiger partial charge on any atom is 0.164 e. The standard InChI is InChI=1S/C43H30N4/c1-43(2)34-20-12-11-19-33(34)39-38(43)36(37-32-18-10-9-13-27(32)25-26-35(37)44-39)28-21-23-31(24-22-28)42-46-40(29-14-5-3-6-15-29)45-41(47-42)30-16-7-4-8-17-30/h3-26H,1-2H3. The van der Waals surface area contributed by atoms with E-state index in [1.54, 1.807) is 0 Å². The van der Waals surface area contributed by atoms with E-state index in [0.29, 0.717) is 17.5 Å². The van der Waals surface area contributed by atoms with Gasteiger partial charge in [-0.25, -0.2) is 19.9 Å². The Bertz CT molecular complexity index is 2410. The maximum atomic E-state index is 5.34. The van der Waals surface area contributed by atoms with Gasteiger partial charge in [-0.2, -0.15) is 0 Å². The second-order valence-corrected chi connectivity index (χ2v) is 12.7. The molecule has 0 N–H and O–H groups in total. The first-order valence-corrected chi connectivity index (χ1v) is 16.0. The zero-order chi connectivity index (χ0) is 31.5. The SMILES string of the molecule is CC1(C)c2ccccc2-c2nc3ccc4ccccc4c3c(-c3ccc(-c4nc(-c5ccccc5)nc(-c5ccccc5)n4)cc3)c21. The molecule has 2 aromatic heterocycles. The van der Waals surface area contributed by atoms with Crippen LogP contribution in [0.5, 0.6) is 0 Å². The molecule has 6 aromatic carbocycles. The number of rotatable bonds is 4. The summed E-state index contributed by atoms with van der Waals surface area (Å²) in [7, 11) is 0. The molecule has 0 fully saturated rings. The molecule has 4 nitrogen and oxygen atoms in total. The van der Waals surface area contributed by atoms with Crippen molar-refractivity contribution in [3.05, 3.63) is 157 Å². The third kappa shape index (κ3) is 4.37. The Balaban J connectivity index is 1.26. The van der Waals surface area contributed by atoms with Crippen LogP contribution in [0, 0.1) is 0 Å². The fraction of sp³-hybridized carbons (Fsp3) is 0.0698. The first kappa shape index (κ1) is 27.3. The van der Waals surface area contributed by atoms with Crippen LogP contribution in [0.25, 0.3) is 78.2 Å². The van der Waals surface area contributed by atoms with Crippen molar-refractivity contribution < 1.29 is 0 Å². The summed E-state index contributed by atoms with van der Waals surface area (Å²) in [5.74, 6) is 1.96. The van der Waals surface area contributed by atoms with Gasteiger partial charge in [-0.15, -0.1) is 0 Å². The second kappa shape index (κ2) is 10.5. The highest BCUT2D eigenvalue weighted by Crippen LogP contribution is 2.53. The highest BCUT2D eigenvalue weighted by atomic mass is 15.0.